The molecule has 2 aromatic heterocycles. The van der Waals surface area contributed by atoms with Crippen LogP contribution in [0.3, 0.4) is 0 Å². The summed E-state index contributed by atoms with van der Waals surface area (Å²) >= 11 is 0. The summed E-state index contributed by atoms with van der Waals surface area (Å²) in [5.74, 6) is 0. The minimum Gasteiger partial charge on any atom is -0.299 e. The van der Waals surface area contributed by atoms with Gasteiger partial charge in [0.15, 0.2) is 0 Å². The number of rotatable bonds is 7. The van der Waals surface area contributed by atoms with Crippen LogP contribution in [-0.4, -0.2) is 9.97 Å². The fraction of sp³-hybridized carbons (Fsp3) is 0.111. The predicted octanol–water partition coefficient (Wildman–Crippen LogP) is 3.73. The van der Waals surface area contributed by atoms with Gasteiger partial charge in [0.2, 0.25) is 0 Å². The normalized spacial score (nSPS) is 11.3. The summed E-state index contributed by atoms with van der Waals surface area (Å²) in [6.07, 6.45) is 3.34. The lowest BCUT2D eigenvalue weighted by molar-refractivity contribution is 0.196. The number of nitrogens with zero attached hydrogens (tertiary/aromatic N) is 2. The van der Waals surface area contributed by atoms with Crippen LogP contribution in [0, 0.1) is 0 Å². The Hall–Kier alpha value is -2.33. The molecule has 0 bridgehead atoms. The molecule has 0 aliphatic heterocycles. The highest BCUT2D eigenvalue weighted by molar-refractivity contribution is 7.62. The molecule has 24 heavy (non-hydrogen) atoms. The van der Waals surface area contributed by atoms with Crippen LogP contribution < -0.4 is 5.30 Å². The molecule has 0 unspecified atom stereocenters. The summed E-state index contributed by atoms with van der Waals surface area (Å²) in [7, 11) is -3.48. The van der Waals surface area contributed by atoms with Crippen molar-refractivity contribution in [3.63, 3.8) is 0 Å². The van der Waals surface area contributed by atoms with Crippen LogP contribution in [0.4, 0.5) is 0 Å². The Morgan fingerprint density at radius 2 is 1.21 bits per heavy atom. The minimum absolute atomic E-state index is 0.106. The predicted molar refractivity (Wildman–Crippen MR) is 91.7 cm³/mol. The largest absolute Gasteiger partial charge is 0.362 e. The first-order valence-electron chi connectivity index (χ1n) is 7.51. The zero-order valence-electron chi connectivity index (χ0n) is 13.0. The molecular weight excluding hydrogens is 323 g/mol. The van der Waals surface area contributed by atoms with E-state index < -0.39 is 7.60 Å². The van der Waals surface area contributed by atoms with Gasteiger partial charge in [-0.25, -0.2) is 0 Å². The number of hydrogen-bond donors (Lipinski definition) is 0. The Morgan fingerprint density at radius 1 is 0.708 bits per heavy atom. The molecule has 6 heteroatoms. The van der Waals surface area contributed by atoms with Gasteiger partial charge in [-0.2, -0.15) is 0 Å². The van der Waals surface area contributed by atoms with E-state index in [2.05, 4.69) is 9.97 Å². The summed E-state index contributed by atoms with van der Waals surface area (Å²) in [5, 5.41) is 0.511. The molecule has 0 atom stereocenters. The molecule has 0 aliphatic carbocycles. The van der Waals surface area contributed by atoms with Crippen LogP contribution >= 0.6 is 7.60 Å². The van der Waals surface area contributed by atoms with Gasteiger partial charge in [-0.05, 0) is 36.4 Å². The molecule has 1 aromatic carbocycles. The highest BCUT2D eigenvalue weighted by Crippen LogP contribution is 2.48. The maximum absolute atomic E-state index is 13.3. The number of pyridine rings is 2. The molecule has 3 aromatic rings. The molecule has 0 spiro atoms. The van der Waals surface area contributed by atoms with Crippen molar-refractivity contribution < 1.29 is 13.6 Å². The van der Waals surface area contributed by atoms with Crippen molar-refractivity contribution in [3.8, 4) is 0 Å². The van der Waals surface area contributed by atoms with Gasteiger partial charge in [0.25, 0.3) is 0 Å². The molecule has 0 saturated heterocycles. The first-order valence-corrected chi connectivity index (χ1v) is 9.05. The Balaban J connectivity index is 1.77. The molecule has 0 N–H and O–H groups in total. The van der Waals surface area contributed by atoms with E-state index in [1.807, 2.05) is 42.5 Å². The highest BCUT2D eigenvalue weighted by Gasteiger charge is 2.28. The van der Waals surface area contributed by atoms with E-state index in [0.29, 0.717) is 16.7 Å². The van der Waals surface area contributed by atoms with Crippen molar-refractivity contribution in [2.45, 2.75) is 13.2 Å². The van der Waals surface area contributed by atoms with Gasteiger partial charge in [-0.3, -0.25) is 23.6 Å². The topological polar surface area (TPSA) is 61.3 Å². The van der Waals surface area contributed by atoms with Gasteiger partial charge < -0.3 is 0 Å². The second-order valence-corrected chi connectivity index (χ2v) is 7.05. The molecule has 2 heterocycles. The Labute approximate surface area is 140 Å². The Morgan fingerprint density at radius 3 is 1.67 bits per heavy atom. The fourth-order valence-corrected chi connectivity index (χ4v) is 3.58. The summed E-state index contributed by atoms with van der Waals surface area (Å²) in [6, 6.07) is 19.9. The molecule has 122 valence electrons. The maximum atomic E-state index is 13.3. The zero-order chi connectivity index (χ0) is 16.7. The molecule has 0 aliphatic rings. The summed E-state index contributed by atoms with van der Waals surface area (Å²) < 4.78 is 24.6. The Bertz CT molecular complexity index is 751. The lowest BCUT2D eigenvalue weighted by Crippen LogP contribution is -2.11. The lowest BCUT2D eigenvalue weighted by atomic mass is 10.4. The van der Waals surface area contributed by atoms with Crippen molar-refractivity contribution in [1.82, 2.24) is 9.97 Å². The lowest BCUT2D eigenvalue weighted by Gasteiger charge is -2.18. The van der Waals surface area contributed by atoms with E-state index in [9.17, 15) is 4.57 Å². The van der Waals surface area contributed by atoms with E-state index in [1.165, 1.54) is 0 Å². The molecular formula is C18H17N2O3P. The van der Waals surface area contributed by atoms with Crippen molar-refractivity contribution in [2.24, 2.45) is 0 Å². The third-order valence-corrected chi connectivity index (χ3v) is 5.16. The SMILES string of the molecule is O=P(OCc1ccccn1)(OCc1ccccn1)c1ccccc1. The fourth-order valence-electron chi connectivity index (χ4n) is 2.07. The number of aromatic nitrogens is 2. The first kappa shape index (κ1) is 16.5. The summed E-state index contributed by atoms with van der Waals surface area (Å²) in [4.78, 5) is 8.36. The summed E-state index contributed by atoms with van der Waals surface area (Å²) in [5.41, 5.74) is 1.38. The van der Waals surface area contributed by atoms with Crippen LogP contribution in [0.1, 0.15) is 11.4 Å². The van der Waals surface area contributed by atoms with Crippen LogP contribution in [0.25, 0.3) is 0 Å². The van der Waals surface area contributed by atoms with Crippen molar-refractivity contribution >= 4 is 12.9 Å². The molecule has 0 fully saturated rings. The van der Waals surface area contributed by atoms with Gasteiger partial charge in [-0.15, -0.1) is 0 Å². The van der Waals surface area contributed by atoms with Crippen LogP contribution in [0.15, 0.2) is 79.1 Å². The molecule has 3 rings (SSSR count). The highest BCUT2D eigenvalue weighted by atomic mass is 31.2. The molecule has 5 nitrogen and oxygen atoms in total. The average molecular weight is 340 g/mol. The zero-order valence-corrected chi connectivity index (χ0v) is 13.9. The number of hydrogen-bond acceptors (Lipinski definition) is 5. The molecule has 0 radical (unpaired) electrons. The smallest absolute Gasteiger partial charge is 0.299 e. The van der Waals surface area contributed by atoms with E-state index >= 15 is 0 Å². The third-order valence-electron chi connectivity index (χ3n) is 3.29. The Kier molecular flexibility index (Phi) is 5.49. The first-order chi connectivity index (χ1) is 11.8. The van der Waals surface area contributed by atoms with Crippen molar-refractivity contribution in [1.29, 1.82) is 0 Å². The summed E-state index contributed by atoms with van der Waals surface area (Å²) in [6.45, 7) is 0.213. The molecule has 0 amide bonds. The van der Waals surface area contributed by atoms with Crippen LogP contribution in [0.5, 0.6) is 0 Å². The quantitative estimate of drug-likeness (QED) is 0.613. The standard InChI is InChI=1S/C18H17N2O3P/c21-24(18-10-2-1-3-11-18,22-14-16-8-4-6-12-19-16)23-15-17-9-5-7-13-20-17/h1-13H,14-15H2. The monoisotopic (exact) mass is 340 g/mol. The third kappa shape index (κ3) is 4.36. The van der Waals surface area contributed by atoms with Crippen LogP contribution in [0.2, 0.25) is 0 Å². The van der Waals surface area contributed by atoms with E-state index in [1.54, 1.807) is 36.7 Å². The van der Waals surface area contributed by atoms with Crippen molar-refractivity contribution in [2.75, 3.05) is 0 Å². The second kappa shape index (κ2) is 7.97. The minimum atomic E-state index is -3.48. The van der Waals surface area contributed by atoms with E-state index in [4.69, 9.17) is 9.05 Å². The van der Waals surface area contributed by atoms with Crippen LogP contribution in [-0.2, 0) is 26.8 Å². The second-order valence-electron chi connectivity index (χ2n) is 5.02. The van der Waals surface area contributed by atoms with Gasteiger partial charge in [-0.1, -0.05) is 30.3 Å². The van der Waals surface area contributed by atoms with Gasteiger partial charge in [0, 0.05) is 12.4 Å². The average Bonchev–Trinajstić information content (AvgIpc) is 2.67. The van der Waals surface area contributed by atoms with E-state index in [-0.39, 0.29) is 13.2 Å². The van der Waals surface area contributed by atoms with E-state index in [0.717, 1.165) is 0 Å². The van der Waals surface area contributed by atoms with Gasteiger partial charge >= 0.3 is 7.60 Å². The molecule has 0 saturated carbocycles. The maximum Gasteiger partial charge on any atom is 0.362 e. The van der Waals surface area contributed by atoms with Gasteiger partial charge in [0.05, 0.1) is 29.9 Å². The van der Waals surface area contributed by atoms with Gasteiger partial charge in [0.1, 0.15) is 0 Å². The van der Waals surface area contributed by atoms with Crippen molar-refractivity contribution in [3.05, 3.63) is 90.5 Å². The number of benzene rings is 1.